The fourth-order valence-corrected chi connectivity index (χ4v) is 3.30. The second kappa shape index (κ2) is 7.45. The first-order valence-corrected chi connectivity index (χ1v) is 8.72. The zero-order valence-electron chi connectivity index (χ0n) is 14.3. The molecule has 7 nitrogen and oxygen atoms in total. The fraction of sp³-hybridized carbons (Fsp3) is 0.263. The lowest BCUT2D eigenvalue weighted by molar-refractivity contribution is -0.121. The summed E-state index contributed by atoms with van der Waals surface area (Å²) in [4.78, 5) is 23.5. The maximum Gasteiger partial charge on any atom is 0.246 e. The Balaban J connectivity index is 1.52. The molecule has 1 N–H and O–H groups in total. The lowest BCUT2D eigenvalue weighted by Crippen LogP contribution is -2.35. The number of carbonyl (C=O) groups excluding carboxylic acids is 1. The molecular weight excluding hydrogens is 328 g/mol. The van der Waals surface area contributed by atoms with Gasteiger partial charge in [-0.3, -0.25) is 9.69 Å². The van der Waals surface area contributed by atoms with Gasteiger partial charge >= 0.3 is 0 Å². The molecule has 0 spiro atoms. The predicted molar refractivity (Wildman–Crippen MR) is 97.8 cm³/mol. The molecule has 132 valence electrons. The zero-order chi connectivity index (χ0) is 17.8. The van der Waals surface area contributed by atoms with Gasteiger partial charge in [-0.2, -0.15) is 5.10 Å². The Labute approximate surface area is 151 Å². The molecule has 3 aromatic rings. The van der Waals surface area contributed by atoms with E-state index in [-0.39, 0.29) is 11.9 Å². The van der Waals surface area contributed by atoms with E-state index in [1.54, 1.807) is 23.3 Å². The SMILES string of the molecule is O=C(Nc1ccc(-n2cncn2)nc1)[C@H](c1ccccc1)N1CCCC1. The Hall–Kier alpha value is -3.06. The third-order valence-electron chi connectivity index (χ3n) is 4.54. The molecule has 4 rings (SSSR count). The summed E-state index contributed by atoms with van der Waals surface area (Å²) in [5.74, 6) is 0.619. The molecule has 1 fully saturated rings. The number of pyridine rings is 1. The monoisotopic (exact) mass is 348 g/mol. The number of likely N-dealkylation sites (tertiary alicyclic amines) is 1. The summed E-state index contributed by atoms with van der Waals surface area (Å²) in [6.45, 7) is 1.88. The van der Waals surface area contributed by atoms with Gasteiger partial charge in [0.25, 0.3) is 0 Å². The molecule has 1 amide bonds. The normalized spacial score (nSPS) is 15.7. The Bertz CT molecular complexity index is 842. The van der Waals surface area contributed by atoms with Gasteiger partial charge in [-0.15, -0.1) is 0 Å². The molecule has 1 aliphatic heterocycles. The lowest BCUT2D eigenvalue weighted by atomic mass is 10.0. The van der Waals surface area contributed by atoms with Crippen molar-refractivity contribution < 1.29 is 4.79 Å². The van der Waals surface area contributed by atoms with Crippen LogP contribution in [0.5, 0.6) is 0 Å². The van der Waals surface area contributed by atoms with E-state index in [2.05, 4.69) is 25.3 Å². The van der Waals surface area contributed by atoms with E-state index in [0.29, 0.717) is 11.5 Å². The summed E-state index contributed by atoms with van der Waals surface area (Å²) >= 11 is 0. The standard InChI is InChI=1S/C19H20N6O/c26-19(18(24-10-4-5-11-24)15-6-2-1-3-7-15)23-16-8-9-17(21-12-16)25-14-20-13-22-25/h1-3,6-9,12-14,18H,4-5,10-11H2,(H,23,26)/t18-/m0/s1. The number of aromatic nitrogens is 4. The van der Waals surface area contributed by atoms with Crippen molar-refractivity contribution in [2.45, 2.75) is 18.9 Å². The molecule has 1 aliphatic rings. The van der Waals surface area contributed by atoms with Gasteiger partial charge in [0.15, 0.2) is 5.82 Å². The highest BCUT2D eigenvalue weighted by Gasteiger charge is 2.29. The van der Waals surface area contributed by atoms with Crippen LogP contribution in [0.4, 0.5) is 5.69 Å². The minimum atomic E-state index is -0.284. The van der Waals surface area contributed by atoms with Gasteiger partial charge in [-0.25, -0.2) is 14.6 Å². The smallest absolute Gasteiger partial charge is 0.246 e. The van der Waals surface area contributed by atoms with Crippen LogP contribution in [0.15, 0.2) is 61.3 Å². The molecule has 1 saturated heterocycles. The van der Waals surface area contributed by atoms with Crippen molar-refractivity contribution in [2.24, 2.45) is 0 Å². The molecule has 1 aromatic carbocycles. The maximum atomic E-state index is 13.0. The average molecular weight is 348 g/mol. The van der Waals surface area contributed by atoms with Crippen molar-refractivity contribution in [3.8, 4) is 5.82 Å². The second-order valence-corrected chi connectivity index (χ2v) is 6.29. The van der Waals surface area contributed by atoms with Gasteiger partial charge in [0, 0.05) is 0 Å². The van der Waals surface area contributed by atoms with E-state index in [1.807, 2.05) is 36.4 Å². The van der Waals surface area contributed by atoms with Crippen LogP contribution in [0.2, 0.25) is 0 Å². The number of benzene rings is 1. The highest BCUT2D eigenvalue weighted by molar-refractivity contribution is 5.95. The van der Waals surface area contributed by atoms with Gasteiger partial charge in [-0.05, 0) is 43.6 Å². The molecule has 0 saturated carbocycles. The van der Waals surface area contributed by atoms with Gasteiger partial charge in [-0.1, -0.05) is 30.3 Å². The van der Waals surface area contributed by atoms with E-state index in [4.69, 9.17) is 0 Å². The zero-order valence-corrected chi connectivity index (χ0v) is 14.3. The number of hydrogen-bond acceptors (Lipinski definition) is 5. The van der Waals surface area contributed by atoms with Crippen LogP contribution >= 0.6 is 0 Å². The van der Waals surface area contributed by atoms with E-state index in [1.165, 1.54) is 6.33 Å². The summed E-state index contributed by atoms with van der Waals surface area (Å²) in [6.07, 6.45) is 6.94. The van der Waals surface area contributed by atoms with E-state index < -0.39 is 0 Å². The fourth-order valence-electron chi connectivity index (χ4n) is 3.30. The predicted octanol–water partition coefficient (Wildman–Crippen LogP) is 2.44. The Morgan fingerprint density at radius 1 is 1.08 bits per heavy atom. The molecule has 2 aromatic heterocycles. The molecule has 1 atom stereocenters. The maximum absolute atomic E-state index is 13.0. The summed E-state index contributed by atoms with van der Waals surface area (Å²) in [5.41, 5.74) is 1.68. The quantitative estimate of drug-likeness (QED) is 0.766. The van der Waals surface area contributed by atoms with E-state index >= 15 is 0 Å². The summed E-state index contributed by atoms with van der Waals surface area (Å²) in [7, 11) is 0. The van der Waals surface area contributed by atoms with Crippen molar-refractivity contribution in [1.29, 1.82) is 0 Å². The average Bonchev–Trinajstić information content (AvgIpc) is 3.38. The summed E-state index contributed by atoms with van der Waals surface area (Å²) in [5, 5.41) is 7.05. The van der Waals surface area contributed by atoms with Crippen molar-refractivity contribution in [1.82, 2.24) is 24.6 Å². The highest BCUT2D eigenvalue weighted by atomic mass is 16.2. The molecule has 0 aliphatic carbocycles. The first-order chi connectivity index (χ1) is 12.8. The first-order valence-electron chi connectivity index (χ1n) is 8.72. The molecule has 3 heterocycles. The topological polar surface area (TPSA) is 75.9 Å². The summed E-state index contributed by atoms with van der Waals surface area (Å²) in [6, 6.07) is 13.3. The van der Waals surface area contributed by atoms with Crippen LogP contribution in [0.1, 0.15) is 24.4 Å². The molecule has 26 heavy (non-hydrogen) atoms. The third-order valence-corrected chi connectivity index (χ3v) is 4.54. The molecular formula is C19H20N6O. The van der Waals surface area contributed by atoms with Crippen molar-refractivity contribution in [3.63, 3.8) is 0 Å². The van der Waals surface area contributed by atoms with Crippen molar-refractivity contribution >= 4 is 11.6 Å². The Kier molecular flexibility index (Phi) is 4.70. The molecule has 0 bridgehead atoms. The minimum Gasteiger partial charge on any atom is -0.323 e. The number of carbonyl (C=O) groups is 1. The lowest BCUT2D eigenvalue weighted by Gasteiger charge is -2.26. The number of nitrogens with one attached hydrogen (secondary N) is 1. The number of nitrogens with zero attached hydrogens (tertiary/aromatic N) is 5. The van der Waals surface area contributed by atoms with E-state index in [0.717, 1.165) is 31.5 Å². The summed E-state index contributed by atoms with van der Waals surface area (Å²) < 4.78 is 1.57. The molecule has 7 heteroatoms. The van der Waals surface area contributed by atoms with Crippen LogP contribution < -0.4 is 5.32 Å². The molecule has 0 unspecified atom stereocenters. The molecule has 0 radical (unpaired) electrons. The number of amides is 1. The number of rotatable bonds is 5. The van der Waals surface area contributed by atoms with Crippen LogP contribution in [0, 0.1) is 0 Å². The third kappa shape index (κ3) is 3.48. The van der Waals surface area contributed by atoms with Gasteiger partial charge in [0.2, 0.25) is 5.91 Å². The van der Waals surface area contributed by atoms with Crippen LogP contribution in [0.3, 0.4) is 0 Å². The van der Waals surface area contributed by atoms with Gasteiger partial charge in [0.05, 0.1) is 11.9 Å². The second-order valence-electron chi connectivity index (χ2n) is 6.29. The number of anilines is 1. The number of hydrogen-bond donors (Lipinski definition) is 1. The first kappa shape index (κ1) is 16.4. The van der Waals surface area contributed by atoms with E-state index in [9.17, 15) is 4.79 Å². The van der Waals surface area contributed by atoms with Gasteiger partial charge < -0.3 is 5.32 Å². The van der Waals surface area contributed by atoms with Crippen LogP contribution in [0.25, 0.3) is 5.82 Å². The Morgan fingerprint density at radius 2 is 1.88 bits per heavy atom. The van der Waals surface area contributed by atoms with Crippen molar-refractivity contribution in [3.05, 3.63) is 66.9 Å². The minimum absolute atomic E-state index is 0.0339. The van der Waals surface area contributed by atoms with Crippen LogP contribution in [-0.2, 0) is 4.79 Å². The highest BCUT2D eigenvalue weighted by Crippen LogP contribution is 2.26. The van der Waals surface area contributed by atoms with Crippen LogP contribution in [-0.4, -0.2) is 43.6 Å². The largest absolute Gasteiger partial charge is 0.323 e. The Morgan fingerprint density at radius 3 is 2.54 bits per heavy atom. The van der Waals surface area contributed by atoms with Gasteiger partial charge in [0.1, 0.15) is 18.7 Å². The van der Waals surface area contributed by atoms with Crippen molar-refractivity contribution in [2.75, 3.05) is 18.4 Å².